The Kier molecular flexibility index (Phi) is 5.56. The van der Waals surface area contributed by atoms with Crippen molar-refractivity contribution in [2.24, 2.45) is 4.99 Å². The van der Waals surface area contributed by atoms with Crippen LogP contribution in [0.25, 0.3) is 0 Å². The van der Waals surface area contributed by atoms with Crippen LogP contribution in [0.1, 0.15) is 64.7 Å². The Morgan fingerprint density at radius 2 is 1.81 bits per heavy atom. The first kappa shape index (κ1) is 18.0. The Morgan fingerprint density at radius 1 is 1.12 bits per heavy atom. The maximum absolute atomic E-state index is 12.3. The molecule has 1 aliphatic carbocycles. The number of imide groups is 1. The lowest BCUT2D eigenvalue weighted by molar-refractivity contribution is 0.0679. The Morgan fingerprint density at radius 3 is 2.50 bits per heavy atom. The molecule has 0 fully saturated rings. The van der Waals surface area contributed by atoms with Crippen molar-refractivity contribution >= 4 is 18.0 Å². The summed E-state index contributed by atoms with van der Waals surface area (Å²) < 4.78 is 0. The van der Waals surface area contributed by atoms with Crippen molar-refractivity contribution in [3.63, 3.8) is 0 Å². The van der Waals surface area contributed by atoms with Crippen LogP contribution in [-0.2, 0) is 6.42 Å². The van der Waals surface area contributed by atoms with Crippen molar-refractivity contribution in [3.8, 4) is 0 Å². The summed E-state index contributed by atoms with van der Waals surface area (Å²) in [5.41, 5.74) is 3.20. The molecule has 5 nitrogen and oxygen atoms in total. The van der Waals surface area contributed by atoms with Crippen LogP contribution in [0.5, 0.6) is 0 Å². The molecule has 1 atom stereocenters. The topological polar surface area (TPSA) is 62.6 Å². The Balaban J connectivity index is 0.000000948. The molecule has 0 radical (unpaired) electrons. The largest absolute Gasteiger partial charge is 0.286 e. The van der Waals surface area contributed by atoms with E-state index in [1.807, 2.05) is 19.9 Å². The monoisotopic (exact) mass is 349 g/mol. The number of amides is 2. The lowest BCUT2D eigenvalue weighted by Crippen LogP contribution is -2.31. The number of nitrogens with zero attached hydrogens (tertiary/aromatic N) is 3. The second kappa shape index (κ2) is 8.04. The zero-order chi connectivity index (χ0) is 18.5. The van der Waals surface area contributed by atoms with Gasteiger partial charge in [0.2, 0.25) is 0 Å². The van der Waals surface area contributed by atoms with Gasteiger partial charge in [0.05, 0.1) is 29.4 Å². The van der Waals surface area contributed by atoms with Crippen molar-refractivity contribution in [3.05, 3.63) is 65.0 Å². The highest BCUT2D eigenvalue weighted by Crippen LogP contribution is 2.30. The van der Waals surface area contributed by atoms with Crippen molar-refractivity contribution in [2.45, 2.75) is 39.2 Å². The molecular weight excluding hydrogens is 326 g/mol. The predicted octanol–water partition coefficient (Wildman–Crippen LogP) is 3.85. The lowest BCUT2D eigenvalue weighted by Gasteiger charge is -2.21. The highest BCUT2D eigenvalue weighted by molar-refractivity contribution is 6.22. The average Bonchev–Trinajstić information content (AvgIpc) is 2.95. The van der Waals surface area contributed by atoms with Gasteiger partial charge in [-0.2, -0.15) is 0 Å². The van der Waals surface area contributed by atoms with Gasteiger partial charge in [0, 0.05) is 12.4 Å². The van der Waals surface area contributed by atoms with Gasteiger partial charge in [-0.25, -0.2) is 0 Å². The van der Waals surface area contributed by atoms with E-state index < -0.39 is 0 Å². The maximum Gasteiger partial charge on any atom is 0.261 e. The third-order valence-corrected chi connectivity index (χ3v) is 4.59. The van der Waals surface area contributed by atoms with Crippen LogP contribution >= 0.6 is 0 Å². The lowest BCUT2D eigenvalue weighted by atomic mass is 9.92. The van der Waals surface area contributed by atoms with Crippen LogP contribution in [-0.4, -0.2) is 34.5 Å². The predicted molar refractivity (Wildman–Crippen MR) is 102 cm³/mol. The Bertz CT molecular complexity index is 810. The molecule has 134 valence electrons. The molecule has 0 spiro atoms. The summed E-state index contributed by atoms with van der Waals surface area (Å²) in [6, 6.07) is 11.0. The van der Waals surface area contributed by atoms with Gasteiger partial charge in [0.25, 0.3) is 11.8 Å². The normalized spacial score (nSPS) is 18.4. The number of rotatable bonds is 3. The first-order chi connectivity index (χ1) is 12.8. The van der Waals surface area contributed by atoms with E-state index in [0.717, 1.165) is 25.0 Å². The van der Waals surface area contributed by atoms with Gasteiger partial charge in [0.1, 0.15) is 0 Å². The fourth-order valence-electron chi connectivity index (χ4n) is 3.39. The molecule has 1 aromatic carbocycles. The molecule has 5 heteroatoms. The van der Waals surface area contributed by atoms with Crippen molar-refractivity contribution in [1.29, 1.82) is 0 Å². The zero-order valence-corrected chi connectivity index (χ0v) is 15.2. The third-order valence-electron chi connectivity index (χ3n) is 4.59. The van der Waals surface area contributed by atoms with Crippen molar-refractivity contribution in [1.82, 2.24) is 9.88 Å². The number of aliphatic imine (C=N–C) groups is 1. The molecule has 1 aliphatic heterocycles. The van der Waals surface area contributed by atoms with E-state index in [-0.39, 0.29) is 24.4 Å². The second-order valence-corrected chi connectivity index (χ2v) is 6.05. The highest BCUT2D eigenvalue weighted by atomic mass is 16.2. The number of carbonyl (C=O) groups is 2. The fraction of sp³-hybridized carbons (Fsp3) is 0.333. The van der Waals surface area contributed by atoms with Crippen LogP contribution in [0.3, 0.4) is 0 Å². The summed E-state index contributed by atoms with van der Waals surface area (Å²) in [7, 11) is 0. The SMILES string of the molecule is CC.O=C1c2ccccc2C(=O)N1CC=NC1CCCc2cccnc21. The molecule has 0 saturated carbocycles. The van der Waals surface area contributed by atoms with E-state index in [9.17, 15) is 9.59 Å². The van der Waals surface area contributed by atoms with Crippen LogP contribution in [0.4, 0.5) is 0 Å². The number of aromatic nitrogens is 1. The summed E-state index contributed by atoms with van der Waals surface area (Å²) in [5, 5.41) is 0. The van der Waals surface area contributed by atoms with Gasteiger partial charge in [0.15, 0.2) is 0 Å². The molecule has 4 rings (SSSR count). The van der Waals surface area contributed by atoms with E-state index in [2.05, 4.69) is 16.0 Å². The number of fused-ring (bicyclic) bond motifs is 2. The van der Waals surface area contributed by atoms with Crippen LogP contribution in [0, 0.1) is 0 Å². The zero-order valence-electron chi connectivity index (χ0n) is 15.2. The number of aryl methyl sites for hydroxylation is 1. The molecule has 1 unspecified atom stereocenters. The van der Waals surface area contributed by atoms with Gasteiger partial charge >= 0.3 is 0 Å². The quantitative estimate of drug-likeness (QED) is 0.624. The van der Waals surface area contributed by atoms with Gasteiger partial charge in [-0.3, -0.25) is 24.5 Å². The van der Waals surface area contributed by atoms with Gasteiger partial charge in [-0.05, 0) is 43.0 Å². The minimum atomic E-state index is -0.246. The standard InChI is InChI=1S/C19H17N3O2.C2H6/c23-18-14-7-1-2-8-15(14)19(24)22(18)12-11-20-16-9-3-5-13-6-4-10-21-17(13)16;1-2/h1-2,4,6-8,10-11,16H,3,5,9,12H2;1-2H3. The smallest absolute Gasteiger partial charge is 0.261 e. The number of pyridine rings is 1. The average molecular weight is 349 g/mol. The first-order valence-corrected chi connectivity index (χ1v) is 9.16. The Hall–Kier alpha value is -2.82. The molecule has 2 heterocycles. The van der Waals surface area contributed by atoms with Crippen molar-refractivity contribution in [2.75, 3.05) is 6.54 Å². The first-order valence-electron chi connectivity index (χ1n) is 9.16. The molecule has 0 saturated heterocycles. The molecule has 0 bridgehead atoms. The highest BCUT2D eigenvalue weighted by Gasteiger charge is 2.34. The molecular formula is C21H23N3O2. The number of hydrogen-bond acceptors (Lipinski definition) is 4. The molecule has 1 aromatic heterocycles. The molecule has 26 heavy (non-hydrogen) atoms. The minimum Gasteiger partial charge on any atom is -0.286 e. The molecule has 2 aromatic rings. The summed E-state index contributed by atoms with van der Waals surface area (Å²) in [6.07, 6.45) is 6.52. The summed E-state index contributed by atoms with van der Waals surface area (Å²) in [5.74, 6) is -0.492. The molecule has 2 amide bonds. The van der Waals surface area contributed by atoms with E-state index in [0.29, 0.717) is 11.1 Å². The van der Waals surface area contributed by atoms with Gasteiger partial charge in [-0.15, -0.1) is 0 Å². The fourth-order valence-corrected chi connectivity index (χ4v) is 3.39. The van der Waals surface area contributed by atoms with Gasteiger partial charge in [-0.1, -0.05) is 32.0 Å². The summed E-state index contributed by atoms with van der Waals surface area (Å²) in [4.78, 5) is 34.9. The number of carbonyl (C=O) groups excluding carboxylic acids is 2. The van der Waals surface area contributed by atoms with E-state index in [4.69, 9.17) is 0 Å². The van der Waals surface area contributed by atoms with E-state index in [1.54, 1.807) is 36.7 Å². The summed E-state index contributed by atoms with van der Waals surface area (Å²) >= 11 is 0. The summed E-state index contributed by atoms with van der Waals surface area (Å²) in [6.45, 7) is 4.20. The van der Waals surface area contributed by atoms with Crippen LogP contribution in [0.15, 0.2) is 47.6 Å². The van der Waals surface area contributed by atoms with Crippen LogP contribution < -0.4 is 0 Å². The number of hydrogen-bond donors (Lipinski definition) is 0. The van der Waals surface area contributed by atoms with Gasteiger partial charge < -0.3 is 0 Å². The van der Waals surface area contributed by atoms with Crippen molar-refractivity contribution < 1.29 is 9.59 Å². The maximum atomic E-state index is 12.3. The number of benzene rings is 1. The van der Waals surface area contributed by atoms with E-state index in [1.165, 1.54) is 10.5 Å². The van der Waals surface area contributed by atoms with Crippen LogP contribution in [0.2, 0.25) is 0 Å². The minimum absolute atomic E-state index is 0.0186. The second-order valence-electron chi connectivity index (χ2n) is 6.05. The Labute approximate surface area is 153 Å². The third kappa shape index (κ3) is 3.29. The molecule has 0 N–H and O–H groups in total. The molecule has 2 aliphatic rings. The van der Waals surface area contributed by atoms with E-state index >= 15 is 0 Å².